The van der Waals surface area contributed by atoms with Crippen molar-refractivity contribution in [3.63, 3.8) is 0 Å². The molecule has 0 aliphatic carbocycles. The van der Waals surface area contributed by atoms with Crippen LogP contribution in [0.5, 0.6) is 0 Å². The van der Waals surface area contributed by atoms with E-state index < -0.39 is 0 Å². The Morgan fingerprint density at radius 1 is 0.633 bits per heavy atom. The highest BCUT2D eigenvalue weighted by Crippen LogP contribution is 2.31. The summed E-state index contributed by atoms with van der Waals surface area (Å²) in [7, 11) is 3.30. The molecule has 2 aromatic carbocycles. The van der Waals surface area contributed by atoms with Crippen molar-refractivity contribution >= 4 is 5.78 Å². The number of methoxy groups -OCH3 is 2. The second-order valence-electron chi connectivity index (χ2n) is 7.12. The fraction of sp³-hybridized carbons (Fsp3) is 0.480. The summed E-state index contributed by atoms with van der Waals surface area (Å²) in [4.78, 5) is 13.7. The molecule has 0 aliphatic rings. The average molecular weight is 415 g/mol. The molecule has 2 aromatic rings. The lowest BCUT2D eigenvalue weighted by atomic mass is 9.81. The van der Waals surface area contributed by atoms with Crippen molar-refractivity contribution in [2.24, 2.45) is 0 Å². The van der Waals surface area contributed by atoms with Crippen LogP contribution in [0.4, 0.5) is 0 Å². The first-order valence-corrected chi connectivity index (χ1v) is 10.5. The largest absolute Gasteiger partial charge is 0.382 e. The Hall–Kier alpha value is -2.05. The van der Waals surface area contributed by atoms with Crippen LogP contribution in [0.25, 0.3) is 0 Å². The topological polar surface area (TPSA) is 54.0 Å². The molecule has 0 amide bonds. The van der Waals surface area contributed by atoms with Crippen LogP contribution >= 0.6 is 0 Å². The van der Waals surface area contributed by atoms with Gasteiger partial charge in [-0.3, -0.25) is 4.79 Å². The molecule has 0 bridgehead atoms. The third kappa shape index (κ3) is 8.36. The zero-order valence-electron chi connectivity index (χ0n) is 18.1. The van der Waals surface area contributed by atoms with E-state index in [0.717, 1.165) is 11.1 Å². The molecular formula is C25H34O5. The van der Waals surface area contributed by atoms with Crippen LogP contribution in [-0.4, -0.2) is 59.6 Å². The second kappa shape index (κ2) is 14.9. The molecule has 0 saturated heterocycles. The maximum Gasteiger partial charge on any atom is 0.147 e. The van der Waals surface area contributed by atoms with Gasteiger partial charge in [0.15, 0.2) is 0 Å². The van der Waals surface area contributed by atoms with Gasteiger partial charge in [0.2, 0.25) is 0 Å². The van der Waals surface area contributed by atoms with E-state index in [1.165, 1.54) is 0 Å². The van der Waals surface area contributed by atoms with Gasteiger partial charge in [-0.25, -0.2) is 0 Å². The van der Waals surface area contributed by atoms with E-state index in [-0.39, 0.29) is 17.6 Å². The number of Topliss-reactive ketones (excluding diaryl/α,β-unsaturated/α-hetero) is 1. The van der Waals surface area contributed by atoms with Crippen molar-refractivity contribution in [1.29, 1.82) is 0 Å². The number of rotatable bonds is 16. The molecule has 0 heterocycles. The number of ether oxygens (including phenoxy) is 4. The number of carbonyl (C=O) groups excluding carboxylic acids is 1. The molecule has 0 aromatic heterocycles. The monoisotopic (exact) mass is 414 g/mol. The lowest BCUT2D eigenvalue weighted by Gasteiger charge is -2.23. The molecule has 5 heteroatoms. The van der Waals surface area contributed by atoms with Crippen LogP contribution < -0.4 is 0 Å². The van der Waals surface area contributed by atoms with Crippen LogP contribution in [0.1, 0.15) is 35.8 Å². The summed E-state index contributed by atoms with van der Waals surface area (Å²) in [5.41, 5.74) is 2.05. The van der Waals surface area contributed by atoms with E-state index in [9.17, 15) is 4.79 Å². The van der Waals surface area contributed by atoms with Gasteiger partial charge >= 0.3 is 0 Å². The van der Waals surface area contributed by atoms with E-state index in [4.69, 9.17) is 18.9 Å². The molecule has 0 unspecified atom stereocenters. The van der Waals surface area contributed by atoms with Gasteiger partial charge in [-0.2, -0.15) is 0 Å². The Balaban J connectivity index is 2.13. The molecule has 2 atom stereocenters. The van der Waals surface area contributed by atoms with Crippen LogP contribution in [-0.2, 0) is 23.7 Å². The maximum absolute atomic E-state index is 13.7. The first-order valence-electron chi connectivity index (χ1n) is 10.5. The number of benzene rings is 2. The summed E-state index contributed by atoms with van der Waals surface area (Å²) in [6.45, 7) is 3.19. The van der Waals surface area contributed by atoms with Gasteiger partial charge < -0.3 is 18.9 Å². The third-order valence-corrected chi connectivity index (χ3v) is 5.06. The molecule has 0 N–H and O–H groups in total. The quantitative estimate of drug-likeness (QED) is 0.385. The first kappa shape index (κ1) is 24.2. The van der Waals surface area contributed by atoms with Crippen molar-refractivity contribution < 1.29 is 23.7 Å². The van der Waals surface area contributed by atoms with E-state index >= 15 is 0 Å². The van der Waals surface area contributed by atoms with Crippen molar-refractivity contribution in [1.82, 2.24) is 0 Å². The van der Waals surface area contributed by atoms with Gasteiger partial charge in [-0.05, 0) is 24.0 Å². The van der Waals surface area contributed by atoms with E-state index in [0.29, 0.717) is 52.5 Å². The van der Waals surface area contributed by atoms with Gasteiger partial charge in [0.05, 0.1) is 26.4 Å². The number of hydrogen-bond donors (Lipinski definition) is 0. The predicted octanol–water partition coefficient (Wildman–Crippen LogP) is 4.23. The van der Waals surface area contributed by atoms with E-state index in [1.807, 2.05) is 60.7 Å². The van der Waals surface area contributed by atoms with E-state index in [2.05, 4.69) is 0 Å². The minimum atomic E-state index is -0.224. The number of carbonyl (C=O) groups is 1. The van der Waals surface area contributed by atoms with Crippen molar-refractivity contribution in [2.75, 3.05) is 53.9 Å². The minimum Gasteiger partial charge on any atom is -0.382 e. The highest BCUT2D eigenvalue weighted by Gasteiger charge is 2.29. The Kier molecular flexibility index (Phi) is 12.0. The molecule has 0 aliphatic heterocycles. The number of hydrogen-bond acceptors (Lipinski definition) is 5. The molecule has 2 rings (SSSR count). The van der Waals surface area contributed by atoms with Gasteiger partial charge in [0, 0.05) is 39.3 Å². The highest BCUT2D eigenvalue weighted by atomic mass is 16.5. The molecule has 5 nitrogen and oxygen atoms in total. The predicted molar refractivity (Wildman–Crippen MR) is 118 cm³/mol. The highest BCUT2D eigenvalue weighted by molar-refractivity contribution is 5.91. The summed E-state index contributed by atoms with van der Waals surface area (Å²) >= 11 is 0. The number of ketones is 1. The lowest BCUT2D eigenvalue weighted by molar-refractivity contribution is -0.123. The summed E-state index contributed by atoms with van der Waals surface area (Å²) in [6, 6.07) is 19.9. The zero-order valence-corrected chi connectivity index (χ0v) is 18.1. The van der Waals surface area contributed by atoms with Crippen molar-refractivity contribution in [3.05, 3.63) is 71.8 Å². The fourth-order valence-electron chi connectivity index (χ4n) is 3.45. The first-order chi connectivity index (χ1) is 14.8. The molecule has 0 fully saturated rings. The Morgan fingerprint density at radius 3 is 1.40 bits per heavy atom. The van der Waals surface area contributed by atoms with Gasteiger partial charge in [0.1, 0.15) is 5.78 Å². The van der Waals surface area contributed by atoms with Gasteiger partial charge in [0.25, 0.3) is 0 Å². The summed E-state index contributed by atoms with van der Waals surface area (Å²) in [6.07, 6.45) is 1.28. The van der Waals surface area contributed by atoms with Crippen LogP contribution in [0, 0.1) is 0 Å². The van der Waals surface area contributed by atoms with E-state index in [1.54, 1.807) is 14.2 Å². The molecule has 0 radical (unpaired) electrons. The van der Waals surface area contributed by atoms with Crippen LogP contribution in [0.15, 0.2) is 60.7 Å². The summed E-state index contributed by atoms with van der Waals surface area (Å²) in [5.74, 6) is -0.242. The van der Waals surface area contributed by atoms with Crippen molar-refractivity contribution in [3.8, 4) is 0 Å². The second-order valence-corrected chi connectivity index (χ2v) is 7.12. The van der Waals surface area contributed by atoms with Crippen LogP contribution in [0.3, 0.4) is 0 Å². The Morgan fingerprint density at radius 2 is 1.03 bits per heavy atom. The van der Waals surface area contributed by atoms with Crippen molar-refractivity contribution in [2.45, 2.75) is 24.7 Å². The van der Waals surface area contributed by atoms with Crippen LogP contribution in [0.2, 0.25) is 0 Å². The fourth-order valence-corrected chi connectivity index (χ4v) is 3.45. The lowest BCUT2D eigenvalue weighted by Crippen LogP contribution is -2.24. The smallest absolute Gasteiger partial charge is 0.147 e. The minimum absolute atomic E-state index is 0.207. The SMILES string of the molecule is COCCOCC[C@@H](C(=O)[C@H](CCOCCOC)c1ccccc1)c1ccccc1. The Bertz CT molecular complexity index is 630. The maximum atomic E-state index is 13.7. The summed E-state index contributed by atoms with van der Waals surface area (Å²) < 4.78 is 21.4. The molecule has 0 saturated carbocycles. The molecule has 164 valence electrons. The molecule has 0 spiro atoms. The molecule has 30 heavy (non-hydrogen) atoms. The third-order valence-electron chi connectivity index (χ3n) is 5.06. The van der Waals surface area contributed by atoms with Gasteiger partial charge in [-0.1, -0.05) is 60.7 Å². The summed E-state index contributed by atoms with van der Waals surface area (Å²) in [5, 5.41) is 0. The average Bonchev–Trinajstić information content (AvgIpc) is 2.79. The Labute approximate surface area is 180 Å². The normalized spacial score (nSPS) is 13.1. The van der Waals surface area contributed by atoms with Gasteiger partial charge in [-0.15, -0.1) is 0 Å². The standard InChI is InChI=1S/C25H34O5/c1-27-17-19-29-15-13-23(21-9-5-3-6-10-21)25(26)24(14-16-30-20-18-28-2)22-11-7-4-8-12-22/h3-12,23-24H,13-20H2,1-2H3/t23-,24-/m1/s1. The zero-order chi connectivity index (χ0) is 21.4. The molecular weight excluding hydrogens is 380 g/mol.